The van der Waals surface area contributed by atoms with Crippen LogP contribution in [-0.4, -0.2) is 0 Å². The molecule has 0 unspecified atom stereocenters. The smallest absolute Gasteiger partial charge is 0.0998 e. The highest BCUT2D eigenvalue weighted by Crippen LogP contribution is 2.57. The van der Waals surface area contributed by atoms with Crippen LogP contribution in [0.2, 0.25) is 0 Å². The first kappa shape index (κ1) is 32.8. The normalized spacial score (nSPS) is 12.7. The van der Waals surface area contributed by atoms with Gasteiger partial charge in [0.1, 0.15) is 0 Å². The highest BCUT2D eigenvalue weighted by atomic mass is 14.3. The summed E-state index contributed by atoms with van der Waals surface area (Å²) in [5.41, 5.74) is 13.7. The van der Waals surface area contributed by atoms with Gasteiger partial charge in [0.15, 0.2) is 0 Å². The molecule has 0 aliphatic heterocycles. The molecule has 0 aromatic heterocycles. The number of nitriles is 1. The first-order valence-electron chi connectivity index (χ1n) is 21.7. The van der Waals surface area contributed by atoms with Crippen molar-refractivity contribution in [3.8, 4) is 50.6 Å². The van der Waals surface area contributed by atoms with E-state index < -0.39 is 0 Å². The summed E-state index contributed by atoms with van der Waals surface area (Å²) < 4.78 is 0. The number of hydrogen-bond donors (Lipinski definition) is 0. The van der Waals surface area contributed by atoms with Crippen molar-refractivity contribution in [1.29, 1.82) is 5.26 Å². The highest BCUT2D eigenvalue weighted by molar-refractivity contribution is 6.47. The van der Waals surface area contributed by atoms with Crippen LogP contribution in [-0.2, 0) is 0 Å². The van der Waals surface area contributed by atoms with E-state index in [0.29, 0.717) is 0 Å². The fraction of sp³-hybridized carbons (Fsp3) is 0.0328. The molecule has 1 nitrogen and oxygen atoms in total. The summed E-state index contributed by atoms with van der Waals surface area (Å²) in [4.78, 5) is 0. The van der Waals surface area contributed by atoms with E-state index in [9.17, 15) is 5.26 Å². The van der Waals surface area contributed by atoms with Gasteiger partial charge in [-0.3, -0.25) is 0 Å². The zero-order valence-electron chi connectivity index (χ0n) is 34.0. The van der Waals surface area contributed by atoms with E-state index in [-0.39, 0.29) is 0 Å². The van der Waals surface area contributed by atoms with Crippen LogP contribution < -0.4 is 0 Å². The van der Waals surface area contributed by atoms with Crippen molar-refractivity contribution in [3.05, 3.63) is 180 Å². The molecule has 14 aromatic rings. The largest absolute Gasteiger partial charge is 0.192 e. The Hall–Kier alpha value is -8.05. The Kier molecular flexibility index (Phi) is 5.92. The quantitative estimate of drug-likeness (QED) is 0.127. The second kappa shape index (κ2) is 11.2. The molecule has 1 heteroatoms. The van der Waals surface area contributed by atoms with Crippen molar-refractivity contribution < 1.29 is 0 Å². The topological polar surface area (TPSA) is 23.8 Å². The molecule has 0 saturated carbocycles. The lowest BCUT2D eigenvalue weighted by molar-refractivity contribution is 1.47. The first-order chi connectivity index (χ1) is 30.6. The zero-order valence-corrected chi connectivity index (χ0v) is 34.0. The van der Waals surface area contributed by atoms with Crippen molar-refractivity contribution in [2.24, 2.45) is 0 Å². The number of benzene rings is 12. The maximum absolute atomic E-state index is 10.2. The molecule has 0 fully saturated rings. The average Bonchev–Trinajstić information content (AvgIpc) is 3.94. The van der Waals surface area contributed by atoms with Crippen LogP contribution in [0.15, 0.2) is 164 Å². The van der Waals surface area contributed by atoms with Crippen LogP contribution in [0.5, 0.6) is 0 Å². The molecule has 14 aromatic carbocycles. The van der Waals surface area contributed by atoms with Crippen LogP contribution >= 0.6 is 0 Å². The lowest BCUT2D eigenvalue weighted by atomic mass is 9.84. The third-order valence-electron chi connectivity index (χ3n) is 15.0. The fourth-order valence-electron chi connectivity index (χ4n) is 12.4. The molecule has 0 bridgehead atoms. The van der Waals surface area contributed by atoms with Crippen molar-refractivity contribution in [2.75, 3.05) is 0 Å². The second-order valence-corrected chi connectivity index (χ2v) is 17.8. The van der Waals surface area contributed by atoms with Crippen molar-refractivity contribution in [3.63, 3.8) is 0 Å². The van der Waals surface area contributed by atoms with E-state index in [0.717, 1.165) is 10.9 Å². The Bertz CT molecular complexity index is 4180. The summed E-state index contributed by atoms with van der Waals surface area (Å²) in [6.07, 6.45) is 0. The molecule has 0 spiro atoms. The monoisotopic (exact) mass is 779 g/mol. The van der Waals surface area contributed by atoms with E-state index in [4.69, 9.17) is 0 Å². The Labute approximate surface area is 356 Å². The van der Waals surface area contributed by atoms with Crippen LogP contribution in [0.1, 0.15) is 16.7 Å². The summed E-state index contributed by atoms with van der Waals surface area (Å²) in [6.45, 7) is 4.52. The molecule has 0 amide bonds. The molecule has 0 atom stereocenters. The van der Waals surface area contributed by atoms with Gasteiger partial charge in [0.2, 0.25) is 0 Å². The van der Waals surface area contributed by atoms with Gasteiger partial charge >= 0.3 is 0 Å². The molecular weight excluding hydrogens is 747 g/mol. The van der Waals surface area contributed by atoms with E-state index in [1.165, 1.54) is 158 Å². The van der Waals surface area contributed by atoms with Gasteiger partial charge in [-0.25, -0.2) is 0 Å². The number of rotatable bonds is 2. The van der Waals surface area contributed by atoms with Gasteiger partial charge in [-0.15, -0.1) is 0 Å². The maximum Gasteiger partial charge on any atom is 0.0998 e. The molecule has 62 heavy (non-hydrogen) atoms. The average molecular weight is 780 g/mol. The summed E-state index contributed by atoms with van der Waals surface area (Å²) in [7, 11) is 0. The van der Waals surface area contributed by atoms with Crippen LogP contribution in [0.4, 0.5) is 0 Å². The first-order valence-corrected chi connectivity index (χ1v) is 21.7. The summed E-state index contributed by atoms with van der Waals surface area (Å²) in [5.74, 6) is 0. The van der Waals surface area contributed by atoms with E-state index in [1.54, 1.807) is 0 Å². The molecular formula is C61H33N. The fourth-order valence-corrected chi connectivity index (χ4v) is 12.4. The second-order valence-electron chi connectivity index (χ2n) is 17.8. The van der Waals surface area contributed by atoms with E-state index in [1.807, 2.05) is 6.07 Å². The Morgan fingerprint density at radius 2 is 0.677 bits per heavy atom. The Morgan fingerprint density at radius 1 is 0.274 bits per heavy atom. The van der Waals surface area contributed by atoms with Crippen LogP contribution in [0, 0.1) is 25.2 Å². The minimum absolute atomic E-state index is 0.720. The van der Waals surface area contributed by atoms with Crippen LogP contribution in [0.25, 0.3) is 152 Å². The van der Waals surface area contributed by atoms with Crippen molar-refractivity contribution >= 4 is 108 Å². The van der Waals surface area contributed by atoms with Gasteiger partial charge in [0.05, 0.1) is 11.6 Å². The zero-order chi connectivity index (χ0) is 40.7. The van der Waals surface area contributed by atoms with E-state index in [2.05, 4.69) is 178 Å². The number of nitrogens with zero attached hydrogens (tertiary/aromatic N) is 1. The van der Waals surface area contributed by atoms with Gasteiger partial charge in [-0.1, -0.05) is 146 Å². The molecule has 0 N–H and O–H groups in total. The number of fused-ring (bicyclic) bond motifs is 12. The summed E-state index contributed by atoms with van der Waals surface area (Å²) in [6, 6.07) is 64.2. The Morgan fingerprint density at radius 3 is 1.21 bits per heavy atom. The third kappa shape index (κ3) is 3.74. The lowest BCUT2D eigenvalue weighted by Crippen LogP contribution is -1.92. The molecule has 0 heterocycles. The third-order valence-corrected chi connectivity index (χ3v) is 15.0. The van der Waals surface area contributed by atoms with Gasteiger partial charge in [-0.05, 0) is 190 Å². The predicted octanol–water partition coefficient (Wildman–Crippen LogP) is 17.0. The summed E-state index contributed by atoms with van der Waals surface area (Å²) in [5, 5.41) is 35.8. The van der Waals surface area contributed by atoms with Gasteiger partial charge in [0.25, 0.3) is 0 Å². The molecule has 0 saturated heterocycles. The van der Waals surface area contributed by atoms with E-state index >= 15 is 0 Å². The molecule has 15 rings (SSSR count). The molecule has 0 radical (unpaired) electrons. The van der Waals surface area contributed by atoms with Gasteiger partial charge in [-0.2, -0.15) is 5.26 Å². The van der Waals surface area contributed by atoms with Gasteiger partial charge in [0, 0.05) is 5.39 Å². The minimum atomic E-state index is 0.720. The standard InChI is InChI=1S/C61H33N/c1-31-10-3-5-12-34(31)54-51-28-49-39-17-9-16-36-33(30-62)18-19-46(53(36)39)50(49)29-52(51)55(35-13-6-4-11-32(35)2)61-48-27-25-45-43-23-21-41-38-15-8-7-14-37(38)40-20-22-42(57(43)56(40)41)44-24-26-47(60(54)61)59(48)58(44)45/h3-29H,1-2H3. The molecule has 282 valence electrons. The Balaban J connectivity index is 1.20. The highest BCUT2D eigenvalue weighted by Gasteiger charge is 2.29. The number of hydrogen-bond acceptors (Lipinski definition) is 1. The van der Waals surface area contributed by atoms with Crippen molar-refractivity contribution in [1.82, 2.24) is 0 Å². The SMILES string of the molecule is Cc1ccccc1-c1c2cc3c(cc2c(-c2ccccc2C)c2c4ccc5c6ccc7c8c(ccc(c9ccc(c12)c4c95)c86)-c1ccccc1-7)c1ccc(C#N)c2cccc3c21. The number of aryl methyl sites for hydroxylation is 2. The summed E-state index contributed by atoms with van der Waals surface area (Å²) >= 11 is 0. The predicted molar refractivity (Wildman–Crippen MR) is 265 cm³/mol. The molecule has 1 aliphatic carbocycles. The lowest BCUT2D eigenvalue weighted by Gasteiger charge is -2.19. The maximum atomic E-state index is 10.2. The van der Waals surface area contributed by atoms with Gasteiger partial charge < -0.3 is 0 Å². The molecule has 1 aliphatic rings. The van der Waals surface area contributed by atoms with Crippen LogP contribution in [0.3, 0.4) is 0 Å². The van der Waals surface area contributed by atoms with Crippen molar-refractivity contribution in [2.45, 2.75) is 13.8 Å². The minimum Gasteiger partial charge on any atom is -0.192 e.